The molecule has 5 unspecified atom stereocenters. The highest BCUT2D eigenvalue weighted by molar-refractivity contribution is 5.76. The first-order valence-corrected chi connectivity index (χ1v) is 10.1. The Bertz CT molecular complexity index is 1270. The summed E-state index contributed by atoms with van der Waals surface area (Å²) in [7, 11) is 0. The van der Waals surface area contributed by atoms with E-state index < -0.39 is 54.5 Å². The quantitative estimate of drug-likeness (QED) is 0.544. The van der Waals surface area contributed by atoms with E-state index in [1.807, 2.05) is 0 Å². The van der Waals surface area contributed by atoms with Crippen LogP contribution < -0.4 is 10.6 Å². The van der Waals surface area contributed by atoms with Gasteiger partial charge < -0.3 is 20.5 Å². The molecule has 3 aromatic rings. The zero-order chi connectivity index (χ0) is 25.8. The fraction of sp³-hybridized carbons (Fsp3) is 0.476. The minimum atomic E-state index is -2.01. The number of rotatable bonds is 5. The van der Waals surface area contributed by atoms with Crippen molar-refractivity contribution >= 4 is 28.7 Å². The molecule has 5 atom stereocenters. The van der Waals surface area contributed by atoms with Crippen LogP contribution in [0.4, 0.5) is 30.8 Å². The molecule has 11 heteroatoms. The van der Waals surface area contributed by atoms with Crippen molar-refractivity contribution in [2.75, 3.05) is 23.8 Å². The van der Waals surface area contributed by atoms with E-state index in [1.165, 1.54) is 6.20 Å². The van der Waals surface area contributed by atoms with Gasteiger partial charge in [-0.25, -0.2) is 23.1 Å². The van der Waals surface area contributed by atoms with Gasteiger partial charge in [0, 0.05) is 30.3 Å². The zero-order valence-electron chi connectivity index (χ0n) is 20.7. The van der Waals surface area contributed by atoms with Crippen molar-refractivity contribution in [1.82, 2.24) is 19.5 Å². The van der Waals surface area contributed by atoms with Gasteiger partial charge in [-0.2, -0.15) is 4.98 Å². The van der Waals surface area contributed by atoms with Gasteiger partial charge in [0.2, 0.25) is 11.9 Å². The molecule has 32 heavy (non-hydrogen) atoms. The lowest BCUT2D eigenvalue weighted by Gasteiger charge is -2.26. The largest absolute Gasteiger partial charge is 0.393 e. The van der Waals surface area contributed by atoms with Gasteiger partial charge in [0.1, 0.15) is 17.0 Å². The molecule has 1 aromatic carbocycles. The highest BCUT2D eigenvalue weighted by Gasteiger charge is 2.27. The maximum atomic E-state index is 14.3. The number of nitrogens with one attached hydrogen (secondary N) is 2. The average molecular weight is 452 g/mol. The standard InChI is InChI=1S/C21H23F3N6O2/c22-11-7-15(23)18(16(24)8-11)28-21-27-17-9-25-20(26-12-1-3-14(31)4-2-12)29-19(17)30(21)13-5-6-32-10-13/h7-9,12-14,31H,1-6,10H2,(H,27,28)(H,25,26,29)/i1D,2D2,3D. The second-order valence-corrected chi connectivity index (χ2v) is 7.58. The maximum Gasteiger partial charge on any atom is 0.224 e. The van der Waals surface area contributed by atoms with E-state index in [4.69, 9.17) is 10.2 Å². The van der Waals surface area contributed by atoms with E-state index in [1.54, 1.807) is 4.57 Å². The fourth-order valence-electron chi connectivity index (χ4n) is 3.76. The van der Waals surface area contributed by atoms with Gasteiger partial charge in [-0.1, -0.05) is 0 Å². The van der Waals surface area contributed by atoms with Crippen LogP contribution in [-0.2, 0) is 4.74 Å². The second kappa shape index (κ2) is 8.55. The van der Waals surface area contributed by atoms with Crippen molar-refractivity contribution in [3.8, 4) is 0 Å². The summed E-state index contributed by atoms with van der Waals surface area (Å²) < 4.78 is 81.8. The third-order valence-electron chi connectivity index (χ3n) is 5.30. The summed E-state index contributed by atoms with van der Waals surface area (Å²) in [4.78, 5) is 12.9. The molecule has 1 saturated heterocycles. The van der Waals surface area contributed by atoms with Gasteiger partial charge in [0.05, 0.1) is 24.9 Å². The third kappa shape index (κ3) is 4.09. The summed E-state index contributed by atoms with van der Waals surface area (Å²) in [5.41, 5.74) is -0.0693. The molecule has 1 saturated carbocycles. The van der Waals surface area contributed by atoms with Crippen LogP contribution in [0.15, 0.2) is 18.3 Å². The van der Waals surface area contributed by atoms with Crippen molar-refractivity contribution in [3.63, 3.8) is 0 Å². The first-order valence-electron chi connectivity index (χ1n) is 12.2. The van der Waals surface area contributed by atoms with Crippen LogP contribution in [-0.4, -0.2) is 50.0 Å². The lowest BCUT2D eigenvalue weighted by atomic mass is 9.93. The molecule has 5 rings (SSSR count). The minimum Gasteiger partial charge on any atom is -0.393 e. The highest BCUT2D eigenvalue weighted by Crippen LogP contribution is 2.32. The molecular weight excluding hydrogens is 425 g/mol. The van der Waals surface area contributed by atoms with Crippen molar-refractivity contribution in [2.24, 2.45) is 0 Å². The summed E-state index contributed by atoms with van der Waals surface area (Å²) in [6.45, 7) is 0.717. The van der Waals surface area contributed by atoms with Gasteiger partial charge >= 0.3 is 0 Å². The van der Waals surface area contributed by atoms with E-state index >= 15 is 0 Å². The Morgan fingerprint density at radius 1 is 1.16 bits per heavy atom. The minimum absolute atomic E-state index is 0.0251. The Morgan fingerprint density at radius 3 is 2.72 bits per heavy atom. The maximum absolute atomic E-state index is 14.3. The van der Waals surface area contributed by atoms with E-state index in [-0.39, 0.29) is 42.1 Å². The van der Waals surface area contributed by atoms with Crippen LogP contribution in [0, 0.1) is 17.5 Å². The molecule has 1 aliphatic carbocycles. The molecule has 170 valence electrons. The highest BCUT2D eigenvalue weighted by atomic mass is 19.1. The number of hydrogen-bond donors (Lipinski definition) is 3. The molecule has 3 N–H and O–H groups in total. The molecule has 2 aromatic heterocycles. The lowest BCUT2D eigenvalue weighted by Crippen LogP contribution is -2.29. The van der Waals surface area contributed by atoms with Crippen LogP contribution >= 0.6 is 0 Å². The van der Waals surface area contributed by atoms with Crippen molar-refractivity contribution in [2.45, 2.75) is 50.2 Å². The number of aliphatic hydroxyl groups excluding tert-OH is 1. The van der Waals surface area contributed by atoms with Gasteiger partial charge in [-0.15, -0.1) is 0 Å². The smallest absolute Gasteiger partial charge is 0.224 e. The molecule has 0 amide bonds. The molecular formula is C21H23F3N6O2. The number of hydrogen-bond acceptors (Lipinski definition) is 7. The first kappa shape index (κ1) is 16.7. The average Bonchev–Trinajstić information content (AvgIpc) is 3.44. The summed E-state index contributed by atoms with van der Waals surface area (Å²) in [6.07, 6.45) is -4.22. The Balaban J connectivity index is 1.54. The Morgan fingerprint density at radius 2 is 1.97 bits per heavy atom. The van der Waals surface area contributed by atoms with Crippen molar-refractivity contribution in [1.29, 1.82) is 0 Å². The Labute approximate surface area is 187 Å². The van der Waals surface area contributed by atoms with Crippen LogP contribution in [0.1, 0.15) is 43.5 Å². The fourth-order valence-corrected chi connectivity index (χ4v) is 3.76. The third-order valence-corrected chi connectivity index (χ3v) is 5.30. The van der Waals surface area contributed by atoms with Gasteiger partial charge in [-0.3, -0.25) is 4.57 Å². The number of ether oxygens (including phenoxy) is 1. The number of aliphatic hydroxyl groups is 1. The molecule has 3 heterocycles. The normalized spacial score (nSPS) is 31.6. The number of benzene rings is 1. The SMILES string of the molecule is [2H]C1C(O)CC([2H])([2H])C(Nc2ncc3nc(Nc4c(F)cc(F)cc4F)n(C4CCOC4)c3n2)C1[2H]. The molecule has 0 spiro atoms. The second-order valence-electron chi connectivity index (χ2n) is 7.58. The van der Waals surface area contributed by atoms with E-state index in [2.05, 4.69) is 25.6 Å². The van der Waals surface area contributed by atoms with E-state index in [0.29, 0.717) is 25.2 Å². The Kier molecular flexibility index (Phi) is 4.45. The predicted molar refractivity (Wildman–Crippen MR) is 111 cm³/mol. The Hall–Kier alpha value is -2.92. The summed E-state index contributed by atoms with van der Waals surface area (Å²) >= 11 is 0. The van der Waals surface area contributed by atoms with Crippen LogP contribution in [0.25, 0.3) is 11.2 Å². The molecule has 2 aliphatic rings. The van der Waals surface area contributed by atoms with Crippen molar-refractivity contribution < 1.29 is 28.5 Å². The lowest BCUT2D eigenvalue weighted by molar-refractivity contribution is 0.126. The number of aromatic nitrogens is 4. The van der Waals surface area contributed by atoms with Gasteiger partial charge in [0.15, 0.2) is 17.3 Å². The molecule has 8 nitrogen and oxygen atoms in total. The summed E-state index contributed by atoms with van der Waals surface area (Å²) in [5, 5.41) is 15.3. The number of fused-ring (bicyclic) bond motifs is 1. The number of halogens is 3. The van der Waals surface area contributed by atoms with Crippen LogP contribution in [0.3, 0.4) is 0 Å². The van der Waals surface area contributed by atoms with Crippen LogP contribution in [0.5, 0.6) is 0 Å². The van der Waals surface area contributed by atoms with E-state index in [0.717, 1.165) is 0 Å². The summed E-state index contributed by atoms with van der Waals surface area (Å²) in [5.74, 6) is -3.36. The number of nitrogens with zero attached hydrogens (tertiary/aromatic N) is 4. The van der Waals surface area contributed by atoms with Crippen LogP contribution in [0.2, 0.25) is 0 Å². The van der Waals surface area contributed by atoms with E-state index in [9.17, 15) is 18.3 Å². The first-order chi connectivity index (χ1) is 17.0. The molecule has 0 radical (unpaired) electrons. The number of imidazole rings is 1. The molecule has 0 bridgehead atoms. The molecule has 1 aliphatic heterocycles. The summed E-state index contributed by atoms with van der Waals surface area (Å²) in [6, 6.07) is -0.382. The predicted octanol–water partition coefficient (Wildman–Crippen LogP) is 3.66. The monoisotopic (exact) mass is 452 g/mol. The topological polar surface area (TPSA) is 97.1 Å². The van der Waals surface area contributed by atoms with Crippen molar-refractivity contribution in [3.05, 3.63) is 35.8 Å². The number of anilines is 3. The zero-order valence-corrected chi connectivity index (χ0v) is 16.7. The van der Waals surface area contributed by atoms with Gasteiger partial charge in [-0.05, 0) is 32.0 Å². The molecule has 2 fully saturated rings. The van der Waals surface area contributed by atoms with Gasteiger partial charge in [0.25, 0.3) is 0 Å².